The molecule has 0 aliphatic carbocycles. The van der Waals surface area contributed by atoms with Crippen LogP contribution >= 0.6 is 0 Å². The van der Waals surface area contributed by atoms with E-state index in [0.717, 1.165) is 42.9 Å². The summed E-state index contributed by atoms with van der Waals surface area (Å²) in [6.45, 7) is 6.98. The standard InChI is InChI=1S/C22H32N4O/c1-18(2)12-14-25-22(24)26(15-7-13-23)20-10-6-11-21(16-20)27-17-19-8-4-3-5-9-19/h3-6,8-11,16,18H,7,12-15,17,23H2,1-2H3,(H2,24,25). The van der Waals surface area contributed by atoms with Gasteiger partial charge >= 0.3 is 0 Å². The van der Waals surface area contributed by atoms with Crippen molar-refractivity contribution in [2.24, 2.45) is 22.4 Å². The second-order valence-electron chi connectivity index (χ2n) is 6.99. The Balaban J connectivity index is 2.09. The highest BCUT2D eigenvalue weighted by atomic mass is 16.5. The normalized spacial score (nSPS) is 11.6. The highest BCUT2D eigenvalue weighted by molar-refractivity contribution is 5.95. The summed E-state index contributed by atoms with van der Waals surface area (Å²) in [5.41, 5.74) is 14.1. The van der Waals surface area contributed by atoms with Crippen molar-refractivity contribution in [2.75, 3.05) is 24.5 Å². The Kier molecular flexibility index (Phi) is 8.65. The van der Waals surface area contributed by atoms with E-state index >= 15 is 0 Å². The second-order valence-corrected chi connectivity index (χ2v) is 6.99. The molecule has 0 radical (unpaired) electrons. The number of hydrogen-bond acceptors (Lipinski definition) is 3. The largest absolute Gasteiger partial charge is 0.489 e. The Labute approximate surface area is 163 Å². The van der Waals surface area contributed by atoms with E-state index in [1.165, 1.54) is 0 Å². The Morgan fingerprint density at radius 1 is 1.11 bits per heavy atom. The lowest BCUT2D eigenvalue weighted by atomic mass is 10.1. The number of anilines is 1. The molecule has 5 heteroatoms. The lowest BCUT2D eigenvalue weighted by Gasteiger charge is -2.24. The van der Waals surface area contributed by atoms with Gasteiger partial charge in [0.1, 0.15) is 12.4 Å². The molecule has 2 aromatic rings. The van der Waals surface area contributed by atoms with Gasteiger partial charge in [0.05, 0.1) is 0 Å². The lowest BCUT2D eigenvalue weighted by Crippen LogP contribution is -2.39. The number of guanidine groups is 1. The number of benzene rings is 2. The molecule has 0 fully saturated rings. The first-order chi connectivity index (χ1) is 13.1. The van der Waals surface area contributed by atoms with E-state index in [2.05, 4.69) is 31.0 Å². The molecule has 27 heavy (non-hydrogen) atoms. The Bertz CT molecular complexity index is 700. The van der Waals surface area contributed by atoms with Crippen molar-refractivity contribution in [2.45, 2.75) is 33.3 Å². The maximum Gasteiger partial charge on any atom is 0.195 e. The van der Waals surface area contributed by atoms with Crippen molar-refractivity contribution in [1.29, 1.82) is 0 Å². The molecule has 0 heterocycles. The topological polar surface area (TPSA) is 76.9 Å². The van der Waals surface area contributed by atoms with Crippen LogP contribution in [0.1, 0.15) is 32.3 Å². The molecule has 0 aliphatic heterocycles. The van der Waals surface area contributed by atoms with E-state index in [-0.39, 0.29) is 0 Å². The van der Waals surface area contributed by atoms with Gasteiger partial charge in [-0.05, 0) is 43.0 Å². The third-order valence-electron chi connectivity index (χ3n) is 4.22. The van der Waals surface area contributed by atoms with Crippen LogP contribution in [0.25, 0.3) is 0 Å². The van der Waals surface area contributed by atoms with Crippen LogP contribution in [0.2, 0.25) is 0 Å². The van der Waals surface area contributed by atoms with Crippen molar-refractivity contribution in [1.82, 2.24) is 0 Å². The van der Waals surface area contributed by atoms with E-state index in [9.17, 15) is 0 Å². The predicted molar refractivity (Wildman–Crippen MR) is 114 cm³/mol. The van der Waals surface area contributed by atoms with Crippen LogP contribution in [0.5, 0.6) is 5.75 Å². The summed E-state index contributed by atoms with van der Waals surface area (Å²) >= 11 is 0. The maximum atomic E-state index is 6.29. The lowest BCUT2D eigenvalue weighted by molar-refractivity contribution is 0.306. The van der Waals surface area contributed by atoms with E-state index in [1.54, 1.807) is 0 Å². The monoisotopic (exact) mass is 368 g/mol. The summed E-state index contributed by atoms with van der Waals surface area (Å²) in [5, 5.41) is 0. The molecule has 0 aromatic heterocycles. The fourth-order valence-electron chi connectivity index (χ4n) is 2.63. The quantitative estimate of drug-likeness (QED) is 0.494. The number of nitrogens with two attached hydrogens (primary N) is 2. The van der Waals surface area contributed by atoms with Gasteiger partial charge in [0.2, 0.25) is 0 Å². The average Bonchev–Trinajstić information content (AvgIpc) is 2.67. The molecule has 0 saturated heterocycles. The SMILES string of the molecule is CC(C)CC/N=C(\N)N(CCCN)c1cccc(OCc2ccccc2)c1. The first-order valence-corrected chi connectivity index (χ1v) is 9.64. The van der Waals surface area contributed by atoms with Crippen molar-refractivity contribution >= 4 is 11.6 Å². The van der Waals surface area contributed by atoms with Crippen LogP contribution in [0, 0.1) is 5.92 Å². The van der Waals surface area contributed by atoms with E-state index in [1.807, 2.05) is 47.4 Å². The molecule has 0 aliphatic rings. The zero-order valence-corrected chi connectivity index (χ0v) is 16.5. The minimum Gasteiger partial charge on any atom is -0.489 e. The molecule has 5 nitrogen and oxygen atoms in total. The van der Waals surface area contributed by atoms with Crippen LogP contribution < -0.4 is 21.1 Å². The minimum atomic E-state index is 0.532. The highest BCUT2D eigenvalue weighted by Gasteiger charge is 2.11. The molecule has 4 N–H and O–H groups in total. The van der Waals surface area contributed by atoms with Crippen LogP contribution in [-0.4, -0.2) is 25.6 Å². The number of hydrogen-bond donors (Lipinski definition) is 2. The molecule has 0 saturated carbocycles. The summed E-state index contributed by atoms with van der Waals surface area (Å²) < 4.78 is 5.95. The number of ether oxygens (including phenoxy) is 1. The van der Waals surface area contributed by atoms with Crippen molar-refractivity contribution < 1.29 is 4.74 Å². The second kappa shape index (κ2) is 11.2. The maximum absolute atomic E-state index is 6.29. The van der Waals surface area contributed by atoms with Gasteiger partial charge < -0.3 is 21.1 Å². The minimum absolute atomic E-state index is 0.532. The summed E-state index contributed by atoms with van der Waals surface area (Å²) in [7, 11) is 0. The molecule has 146 valence electrons. The predicted octanol–water partition coefficient (Wildman–Crippen LogP) is 3.78. The Morgan fingerprint density at radius 2 is 1.89 bits per heavy atom. The molecular formula is C22H32N4O. The first-order valence-electron chi connectivity index (χ1n) is 9.64. The van der Waals surface area contributed by atoms with Gasteiger partial charge in [-0.1, -0.05) is 50.2 Å². The van der Waals surface area contributed by atoms with Gasteiger partial charge in [0.15, 0.2) is 5.96 Å². The molecule has 0 bridgehead atoms. The number of nitrogens with zero attached hydrogens (tertiary/aromatic N) is 2. The fourth-order valence-corrected chi connectivity index (χ4v) is 2.63. The molecule has 0 amide bonds. The zero-order chi connectivity index (χ0) is 19.5. The van der Waals surface area contributed by atoms with Gasteiger partial charge in [-0.2, -0.15) is 0 Å². The smallest absolute Gasteiger partial charge is 0.195 e. The molecule has 0 unspecified atom stereocenters. The highest BCUT2D eigenvalue weighted by Crippen LogP contribution is 2.22. The average molecular weight is 369 g/mol. The van der Waals surface area contributed by atoms with E-state index in [0.29, 0.717) is 25.0 Å². The third-order valence-corrected chi connectivity index (χ3v) is 4.22. The summed E-state index contributed by atoms with van der Waals surface area (Å²) in [5.74, 6) is 1.95. The number of aliphatic imine (C=N–C) groups is 1. The van der Waals surface area contributed by atoms with Crippen LogP contribution in [0.3, 0.4) is 0 Å². The molecule has 2 rings (SSSR count). The van der Waals surface area contributed by atoms with Crippen LogP contribution in [0.15, 0.2) is 59.6 Å². The zero-order valence-electron chi connectivity index (χ0n) is 16.5. The third kappa shape index (κ3) is 7.31. The van der Waals surface area contributed by atoms with Crippen molar-refractivity contribution in [3.8, 4) is 5.75 Å². The van der Waals surface area contributed by atoms with E-state index in [4.69, 9.17) is 16.2 Å². The van der Waals surface area contributed by atoms with Crippen LogP contribution in [0.4, 0.5) is 5.69 Å². The van der Waals surface area contributed by atoms with Gasteiger partial charge in [-0.15, -0.1) is 0 Å². The summed E-state index contributed by atoms with van der Waals surface area (Å²) in [6, 6.07) is 18.1. The van der Waals surface area contributed by atoms with Crippen molar-refractivity contribution in [3.05, 3.63) is 60.2 Å². The number of rotatable bonds is 10. The Hall–Kier alpha value is -2.53. The summed E-state index contributed by atoms with van der Waals surface area (Å²) in [4.78, 5) is 6.57. The van der Waals surface area contributed by atoms with Gasteiger partial charge in [-0.25, -0.2) is 0 Å². The van der Waals surface area contributed by atoms with E-state index < -0.39 is 0 Å². The molecular weight excluding hydrogens is 336 g/mol. The summed E-state index contributed by atoms with van der Waals surface area (Å²) in [6.07, 6.45) is 1.86. The van der Waals surface area contributed by atoms with Gasteiger partial charge in [-0.3, -0.25) is 4.99 Å². The van der Waals surface area contributed by atoms with Crippen LogP contribution in [-0.2, 0) is 6.61 Å². The molecule has 0 spiro atoms. The van der Waals surface area contributed by atoms with Gasteiger partial charge in [0.25, 0.3) is 0 Å². The Morgan fingerprint density at radius 3 is 2.59 bits per heavy atom. The first kappa shape index (κ1) is 20.8. The fraction of sp³-hybridized carbons (Fsp3) is 0.409. The van der Waals surface area contributed by atoms with Crippen molar-refractivity contribution in [3.63, 3.8) is 0 Å². The molecule has 0 atom stereocenters. The van der Waals surface area contributed by atoms with Gasteiger partial charge in [0, 0.05) is 24.8 Å². The molecule has 2 aromatic carbocycles.